The normalized spacial score (nSPS) is 18.3. The lowest BCUT2D eigenvalue weighted by molar-refractivity contribution is 0.0539. The molecule has 0 unspecified atom stereocenters. The van der Waals surface area contributed by atoms with Crippen LogP contribution in [0.15, 0.2) is 59.3 Å². The Hall–Kier alpha value is -3.81. The number of piperidine rings is 1. The largest absolute Gasteiger partial charge is 0.424 e. The molecule has 1 amide bonds. The van der Waals surface area contributed by atoms with Crippen molar-refractivity contribution in [2.45, 2.75) is 32.7 Å². The van der Waals surface area contributed by atoms with Crippen LogP contribution in [0, 0.1) is 18.7 Å². The van der Waals surface area contributed by atoms with Crippen molar-refractivity contribution >= 4 is 23.0 Å². The maximum absolute atomic E-state index is 14.6. The zero-order valence-corrected chi connectivity index (χ0v) is 19.2. The molecular weight excluding hydrogens is 433 g/mol. The number of halogens is 1. The van der Waals surface area contributed by atoms with Crippen molar-refractivity contribution in [2.24, 2.45) is 5.92 Å². The fraction of sp³-hybridized carbons (Fsp3) is 0.308. The van der Waals surface area contributed by atoms with Gasteiger partial charge >= 0.3 is 0 Å². The summed E-state index contributed by atoms with van der Waals surface area (Å²) in [7, 11) is 0. The number of hydrogen-bond acceptors (Lipinski definition) is 6. The Bertz CT molecular complexity index is 1290. The topological polar surface area (TPSA) is 84.2 Å². The Morgan fingerprint density at radius 1 is 1.21 bits per heavy atom. The summed E-state index contributed by atoms with van der Waals surface area (Å²) in [6.45, 7) is 4.87. The van der Waals surface area contributed by atoms with Gasteiger partial charge in [0, 0.05) is 31.0 Å². The van der Waals surface area contributed by atoms with Gasteiger partial charge in [-0.15, -0.1) is 0 Å². The van der Waals surface area contributed by atoms with Crippen molar-refractivity contribution in [3.63, 3.8) is 0 Å². The quantitative estimate of drug-likeness (QED) is 0.448. The van der Waals surface area contributed by atoms with Crippen molar-refractivity contribution in [1.29, 1.82) is 0 Å². The Morgan fingerprint density at radius 3 is 2.79 bits per heavy atom. The van der Waals surface area contributed by atoms with Gasteiger partial charge in [0.25, 0.3) is 11.9 Å². The van der Waals surface area contributed by atoms with Gasteiger partial charge in [0.05, 0.1) is 11.6 Å². The van der Waals surface area contributed by atoms with Crippen LogP contribution in [0.5, 0.6) is 0 Å². The van der Waals surface area contributed by atoms with E-state index in [2.05, 4.69) is 27.2 Å². The number of nitrogens with one attached hydrogen (secondary N) is 1. The van der Waals surface area contributed by atoms with Crippen LogP contribution in [-0.4, -0.2) is 44.9 Å². The number of oxazole rings is 1. The predicted molar refractivity (Wildman–Crippen MR) is 128 cm³/mol. The van der Waals surface area contributed by atoms with Crippen LogP contribution in [0.1, 0.15) is 35.7 Å². The molecule has 0 bridgehead atoms. The number of carbonyl (C=O) groups excluding carboxylic acids is 1. The van der Waals surface area contributed by atoms with Gasteiger partial charge in [0.15, 0.2) is 11.4 Å². The highest BCUT2D eigenvalue weighted by Crippen LogP contribution is 2.30. The van der Waals surface area contributed by atoms with Crippen molar-refractivity contribution in [2.75, 3.05) is 18.4 Å². The molecule has 0 spiro atoms. The Morgan fingerprint density at radius 2 is 2.00 bits per heavy atom. The number of para-hydroxylation sites is 2. The minimum Gasteiger partial charge on any atom is -0.424 e. The molecule has 0 radical (unpaired) electrons. The highest BCUT2D eigenvalue weighted by molar-refractivity contribution is 6.00. The summed E-state index contributed by atoms with van der Waals surface area (Å²) < 4.78 is 20.4. The number of nitrogens with zero attached hydrogens (tertiary/aromatic N) is 4. The van der Waals surface area contributed by atoms with Gasteiger partial charge in [0.1, 0.15) is 11.3 Å². The first-order chi connectivity index (χ1) is 16.5. The molecule has 1 fully saturated rings. The molecule has 4 aromatic rings. The van der Waals surface area contributed by atoms with Crippen LogP contribution in [0.3, 0.4) is 0 Å². The van der Waals surface area contributed by atoms with E-state index < -0.39 is 5.82 Å². The second kappa shape index (κ2) is 9.21. The van der Waals surface area contributed by atoms with Crippen LogP contribution in [0.2, 0.25) is 0 Å². The molecule has 0 aliphatic carbocycles. The summed E-state index contributed by atoms with van der Waals surface area (Å²) in [5.41, 5.74) is 2.73. The number of hydrogen-bond donors (Lipinski definition) is 1. The van der Waals surface area contributed by atoms with Gasteiger partial charge in [-0.05, 0) is 61.6 Å². The second-order valence-electron chi connectivity index (χ2n) is 8.77. The molecule has 2 aromatic carbocycles. The van der Waals surface area contributed by atoms with E-state index in [1.54, 1.807) is 31.5 Å². The molecule has 0 saturated carbocycles. The summed E-state index contributed by atoms with van der Waals surface area (Å²) in [6, 6.07) is 12.6. The number of likely N-dealkylation sites (tertiary alicyclic amines) is 1. The van der Waals surface area contributed by atoms with Crippen molar-refractivity contribution < 1.29 is 13.6 Å². The summed E-state index contributed by atoms with van der Waals surface area (Å²) in [6.07, 6.45) is 5.12. The van der Waals surface area contributed by atoms with Gasteiger partial charge in [-0.3, -0.25) is 4.79 Å². The molecular formula is C26H26FN5O2. The predicted octanol–water partition coefficient (Wildman–Crippen LogP) is 5.09. The Labute approximate surface area is 197 Å². The van der Waals surface area contributed by atoms with E-state index in [-0.39, 0.29) is 23.4 Å². The maximum Gasteiger partial charge on any atom is 0.295 e. The first-order valence-electron chi connectivity index (χ1n) is 11.5. The van der Waals surface area contributed by atoms with Crippen LogP contribution >= 0.6 is 0 Å². The summed E-state index contributed by atoms with van der Waals surface area (Å²) >= 11 is 0. The van der Waals surface area contributed by atoms with E-state index in [1.807, 2.05) is 29.2 Å². The minimum absolute atomic E-state index is 0.106. The fourth-order valence-corrected chi connectivity index (χ4v) is 4.59. The molecule has 7 nitrogen and oxygen atoms in total. The van der Waals surface area contributed by atoms with Gasteiger partial charge in [0.2, 0.25) is 0 Å². The van der Waals surface area contributed by atoms with E-state index >= 15 is 0 Å². The van der Waals surface area contributed by atoms with Gasteiger partial charge in [-0.25, -0.2) is 14.4 Å². The third kappa shape index (κ3) is 4.23. The number of aryl methyl sites for hydroxylation is 1. The zero-order valence-electron chi connectivity index (χ0n) is 19.2. The van der Waals surface area contributed by atoms with E-state index in [4.69, 9.17) is 4.42 Å². The first-order valence-corrected chi connectivity index (χ1v) is 11.5. The molecule has 5 rings (SSSR count). The van der Waals surface area contributed by atoms with Crippen LogP contribution in [0.4, 0.5) is 10.4 Å². The molecule has 174 valence electrons. The molecule has 34 heavy (non-hydrogen) atoms. The third-order valence-electron chi connectivity index (χ3n) is 6.47. The van der Waals surface area contributed by atoms with Gasteiger partial charge in [-0.2, -0.15) is 4.98 Å². The van der Waals surface area contributed by atoms with Crippen molar-refractivity contribution in [3.05, 3.63) is 71.8 Å². The highest BCUT2D eigenvalue weighted by atomic mass is 19.1. The number of fused-ring (bicyclic) bond motifs is 1. The van der Waals surface area contributed by atoms with Crippen molar-refractivity contribution in [1.82, 2.24) is 19.9 Å². The smallest absolute Gasteiger partial charge is 0.295 e. The number of benzene rings is 2. The van der Waals surface area contributed by atoms with Crippen LogP contribution < -0.4 is 5.32 Å². The second-order valence-corrected chi connectivity index (χ2v) is 8.77. The lowest BCUT2D eigenvalue weighted by atomic mass is 9.89. The van der Waals surface area contributed by atoms with Crippen molar-refractivity contribution in [3.8, 4) is 11.4 Å². The number of carbonyl (C=O) groups is 1. The number of amides is 1. The molecule has 2 atom stereocenters. The summed E-state index contributed by atoms with van der Waals surface area (Å²) in [4.78, 5) is 28.7. The van der Waals surface area contributed by atoms with Crippen LogP contribution in [-0.2, 0) is 0 Å². The lowest BCUT2D eigenvalue weighted by Crippen LogP contribution is -2.51. The van der Waals surface area contributed by atoms with E-state index in [9.17, 15) is 9.18 Å². The Balaban J connectivity index is 1.44. The number of aromatic nitrogens is 3. The average Bonchev–Trinajstić information content (AvgIpc) is 3.27. The van der Waals surface area contributed by atoms with E-state index in [1.165, 1.54) is 6.07 Å². The minimum atomic E-state index is -0.422. The fourth-order valence-electron chi connectivity index (χ4n) is 4.59. The maximum atomic E-state index is 14.6. The molecule has 1 saturated heterocycles. The monoisotopic (exact) mass is 459 g/mol. The molecule has 2 aromatic heterocycles. The average molecular weight is 460 g/mol. The Kier molecular flexibility index (Phi) is 5.96. The summed E-state index contributed by atoms with van der Waals surface area (Å²) in [5.74, 6) is 0.00738. The highest BCUT2D eigenvalue weighted by Gasteiger charge is 2.34. The molecule has 1 N–H and O–H groups in total. The van der Waals surface area contributed by atoms with Gasteiger partial charge in [-0.1, -0.05) is 19.1 Å². The molecule has 3 heterocycles. The molecule has 1 aliphatic heterocycles. The van der Waals surface area contributed by atoms with Crippen LogP contribution in [0.25, 0.3) is 22.5 Å². The number of rotatable bonds is 5. The SMILES string of the molecule is Cc1cc(-c2ncccn2)c(C(=O)N2CCC[C@@H](C)[C@H]2CNc2nc3ccccc3o2)cc1F. The zero-order chi connectivity index (χ0) is 23.7. The summed E-state index contributed by atoms with van der Waals surface area (Å²) in [5, 5.41) is 3.27. The molecule has 8 heteroatoms. The van der Waals surface area contributed by atoms with E-state index in [0.717, 1.165) is 18.4 Å². The standard InChI is InChI=1S/C26H26FN5O2/c1-16-7-5-12-32(22(16)15-30-26-31-21-8-3-4-9-23(21)34-26)25(33)19-14-20(27)17(2)13-18(19)24-28-10-6-11-29-24/h3-4,6,8-11,13-14,16,22H,5,7,12,15H2,1-2H3,(H,30,31)/t16-,22-/m1/s1. The number of anilines is 1. The third-order valence-corrected chi connectivity index (χ3v) is 6.47. The lowest BCUT2D eigenvalue weighted by Gasteiger charge is -2.40. The van der Waals surface area contributed by atoms with E-state index in [0.29, 0.717) is 41.6 Å². The molecule has 1 aliphatic rings. The first kappa shape index (κ1) is 22.0. The van der Waals surface area contributed by atoms with Gasteiger partial charge < -0.3 is 14.6 Å².